The van der Waals surface area contributed by atoms with E-state index in [1.165, 1.54) is 19.1 Å². The van der Waals surface area contributed by atoms with Crippen LogP contribution in [0.4, 0.5) is 18.9 Å². The van der Waals surface area contributed by atoms with Gasteiger partial charge in [-0.15, -0.1) is 0 Å². The lowest BCUT2D eigenvalue weighted by Crippen LogP contribution is -2.46. The number of halogens is 3. The molecule has 132 valence electrons. The highest BCUT2D eigenvalue weighted by Crippen LogP contribution is 2.23. The molecule has 2 aromatic rings. The minimum absolute atomic E-state index is 0.174. The second-order valence-corrected chi connectivity index (χ2v) is 6.20. The predicted molar refractivity (Wildman–Crippen MR) is 90.3 cm³/mol. The number of hydrogen-bond donors (Lipinski definition) is 0. The van der Waals surface area contributed by atoms with Gasteiger partial charge in [0.05, 0.1) is 5.69 Å². The first-order chi connectivity index (χ1) is 12.0. The second kappa shape index (κ2) is 7.27. The predicted octanol–water partition coefficient (Wildman–Crippen LogP) is 3.63. The fourth-order valence-electron chi connectivity index (χ4n) is 3.04. The van der Waals surface area contributed by atoms with Crippen molar-refractivity contribution in [1.29, 1.82) is 0 Å². The van der Waals surface area contributed by atoms with Crippen LogP contribution in [0.15, 0.2) is 36.4 Å². The maximum Gasteiger partial charge on any atom is 0.163 e. The molecule has 1 saturated heterocycles. The second-order valence-electron chi connectivity index (χ2n) is 6.20. The quantitative estimate of drug-likeness (QED) is 0.789. The van der Waals surface area contributed by atoms with Gasteiger partial charge in [0.1, 0.15) is 5.82 Å². The summed E-state index contributed by atoms with van der Waals surface area (Å²) in [7, 11) is 0. The topological polar surface area (TPSA) is 23.6 Å². The lowest BCUT2D eigenvalue weighted by Gasteiger charge is -2.36. The number of nitrogens with zero attached hydrogens (tertiary/aromatic N) is 2. The van der Waals surface area contributed by atoms with Crippen molar-refractivity contribution in [2.75, 3.05) is 31.1 Å². The van der Waals surface area contributed by atoms with Crippen LogP contribution in [0.1, 0.15) is 22.8 Å². The number of carbonyl (C=O) groups excluding carboxylic acids is 1. The summed E-state index contributed by atoms with van der Waals surface area (Å²) in [6.45, 7) is 4.11. The van der Waals surface area contributed by atoms with Crippen LogP contribution in [-0.4, -0.2) is 36.9 Å². The Morgan fingerprint density at radius 2 is 1.72 bits per heavy atom. The molecule has 2 aromatic carbocycles. The third-order valence-electron chi connectivity index (χ3n) is 4.49. The number of anilines is 1. The number of benzene rings is 2. The molecule has 0 radical (unpaired) electrons. The zero-order valence-electron chi connectivity index (χ0n) is 13.9. The molecule has 0 aromatic heterocycles. The van der Waals surface area contributed by atoms with Gasteiger partial charge in [-0.05, 0) is 31.2 Å². The summed E-state index contributed by atoms with van der Waals surface area (Å²) < 4.78 is 41.3. The van der Waals surface area contributed by atoms with E-state index in [0.717, 1.165) is 6.07 Å². The van der Waals surface area contributed by atoms with E-state index in [0.29, 0.717) is 49.5 Å². The summed E-state index contributed by atoms with van der Waals surface area (Å²) in [5.41, 5.74) is 1.13. The minimum atomic E-state index is -0.844. The fraction of sp³-hybridized carbons (Fsp3) is 0.316. The van der Waals surface area contributed by atoms with Gasteiger partial charge in [-0.3, -0.25) is 9.69 Å². The van der Waals surface area contributed by atoms with Crippen LogP contribution in [-0.2, 0) is 6.54 Å². The number of Topliss-reactive ketones (excluding diaryl/α,β-unsaturated/α-hetero) is 1. The minimum Gasteiger partial charge on any atom is -0.367 e. The van der Waals surface area contributed by atoms with Crippen LogP contribution in [0.2, 0.25) is 0 Å². The average Bonchev–Trinajstić information content (AvgIpc) is 2.59. The summed E-state index contributed by atoms with van der Waals surface area (Å²) >= 11 is 0. The van der Waals surface area contributed by atoms with E-state index in [9.17, 15) is 18.0 Å². The fourth-order valence-corrected chi connectivity index (χ4v) is 3.04. The molecule has 1 aliphatic heterocycles. The first kappa shape index (κ1) is 17.5. The van der Waals surface area contributed by atoms with Crippen molar-refractivity contribution >= 4 is 11.5 Å². The molecule has 0 saturated carbocycles. The van der Waals surface area contributed by atoms with Crippen molar-refractivity contribution in [3.05, 3.63) is 65.0 Å². The normalized spacial score (nSPS) is 15.4. The number of ketones is 1. The number of rotatable bonds is 4. The molecule has 6 heteroatoms. The summed E-state index contributed by atoms with van der Waals surface area (Å²) in [6, 6.07) is 8.67. The van der Waals surface area contributed by atoms with Gasteiger partial charge in [0.25, 0.3) is 0 Å². The highest BCUT2D eigenvalue weighted by molar-refractivity contribution is 5.94. The molecule has 3 rings (SSSR count). The van der Waals surface area contributed by atoms with Crippen molar-refractivity contribution in [1.82, 2.24) is 4.90 Å². The van der Waals surface area contributed by atoms with Crippen LogP contribution in [0, 0.1) is 17.5 Å². The van der Waals surface area contributed by atoms with Gasteiger partial charge in [-0.25, -0.2) is 13.2 Å². The van der Waals surface area contributed by atoms with Crippen molar-refractivity contribution in [3.8, 4) is 0 Å². The molecule has 1 heterocycles. The summed E-state index contributed by atoms with van der Waals surface area (Å²) in [5.74, 6) is -2.25. The smallest absolute Gasteiger partial charge is 0.163 e. The van der Waals surface area contributed by atoms with Crippen molar-refractivity contribution in [2.24, 2.45) is 0 Å². The van der Waals surface area contributed by atoms with E-state index < -0.39 is 17.5 Å². The third-order valence-corrected chi connectivity index (χ3v) is 4.49. The van der Waals surface area contributed by atoms with Gasteiger partial charge in [0, 0.05) is 43.9 Å². The standard InChI is InChI=1S/C19H19F3N2O/c1-13(25)14-5-6-18(17(21)11-14)24-9-7-23(8-10-24)12-15-3-2-4-16(20)19(15)22/h2-6,11H,7-10,12H2,1H3. The Bertz CT molecular complexity index is 786. The van der Waals surface area contributed by atoms with Crippen molar-refractivity contribution in [2.45, 2.75) is 13.5 Å². The molecule has 0 spiro atoms. The van der Waals surface area contributed by atoms with E-state index in [1.807, 2.05) is 9.80 Å². The van der Waals surface area contributed by atoms with E-state index >= 15 is 0 Å². The van der Waals surface area contributed by atoms with Crippen LogP contribution in [0.5, 0.6) is 0 Å². The highest BCUT2D eigenvalue weighted by Gasteiger charge is 2.21. The van der Waals surface area contributed by atoms with Gasteiger partial charge in [0.2, 0.25) is 0 Å². The van der Waals surface area contributed by atoms with Gasteiger partial charge < -0.3 is 4.90 Å². The van der Waals surface area contributed by atoms with E-state index in [4.69, 9.17) is 0 Å². The third kappa shape index (κ3) is 3.85. The maximum absolute atomic E-state index is 14.2. The maximum atomic E-state index is 14.2. The molecule has 0 N–H and O–H groups in total. The zero-order valence-corrected chi connectivity index (χ0v) is 13.9. The van der Waals surface area contributed by atoms with Crippen molar-refractivity contribution in [3.63, 3.8) is 0 Å². The van der Waals surface area contributed by atoms with E-state index in [2.05, 4.69) is 0 Å². The molecular weight excluding hydrogens is 329 g/mol. The largest absolute Gasteiger partial charge is 0.367 e. The van der Waals surface area contributed by atoms with Gasteiger partial charge >= 0.3 is 0 Å². The Labute approximate surface area is 144 Å². The molecule has 0 unspecified atom stereocenters. The first-order valence-corrected chi connectivity index (χ1v) is 8.16. The summed E-state index contributed by atoms with van der Waals surface area (Å²) in [6.07, 6.45) is 0. The number of hydrogen-bond acceptors (Lipinski definition) is 3. The van der Waals surface area contributed by atoms with Crippen LogP contribution in [0.25, 0.3) is 0 Å². The van der Waals surface area contributed by atoms with E-state index in [1.54, 1.807) is 18.2 Å². The molecule has 0 atom stereocenters. The molecular formula is C19H19F3N2O. The molecule has 3 nitrogen and oxygen atoms in total. The van der Waals surface area contributed by atoms with Crippen LogP contribution in [0.3, 0.4) is 0 Å². The Morgan fingerprint density at radius 1 is 1.00 bits per heavy atom. The number of piperazine rings is 1. The highest BCUT2D eigenvalue weighted by atomic mass is 19.2. The Hall–Kier alpha value is -2.34. The van der Waals surface area contributed by atoms with Crippen LogP contribution < -0.4 is 4.90 Å². The lowest BCUT2D eigenvalue weighted by atomic mass is 10.1. The molecule has 0 bridgehead atoms. The SMILES string of the molecule is CC(=O)c1ccc(N2CCN(Cc3cccc(F)c3F)CC2)c(F)c1. The Morgan fingerprint density at radius 3 is 2.36 bits per heavy atom. The average molecular weight is 348 g/mol. The van der Waals surface area contributed by atoms with Gasteiger partial charge in [-0.1, -0.05) is 12.1 Å². The Kier molecular flexibility index (Phi) is 5.08. The summed E-state index contributed by atoms with van der Waals surface area (Å²) in [4.78, 5) is 15.2. The van der Waals surface area contributed by atoms with Gasteiger partial charge in [-0.2, -0.15) is 0 Å². The molecule has 25 heavy (non-hydrogen) atoms. The molecule has 1 aliphatic rings. The van der Waals surface area contributed by atoms with Crippen molar-refractivity contribution < 1.29 is 18.0 Å². The monoisotopic (exact) mass is 348 g/mol. The zero-order chi connectivity index (χ0) is 18.0. The first-order valence-electron chi connectivity index (χ1n) is 8.16. The lowest BCUT2D eigenvalue weighted by molar-refractivity contribution is 0.101. The Balaban J connectivity index is 1.64. The molecule has 0 aliphatic carbocycles. The molecule has 1 fully saturated rings. The van der Waals surface area contributed by atoms with Crippen LogP contribution >= 0.6 is 0 Å². The van der Waals surface area contributed by atoms with E-state index in [-0.39, 0.29) is 5.78 Å². The number of carbonyl (C=O) groups is 1. The van der Waals surface area contributed by atoms with Gasteiger partial charge in [0.15, 0.2) is 17.4 Å². The summed E-state index contributed by atoms with van der Waals surface area (Å²) in [5, 5.41) is 0. The molecule has 0 amide bonds.